The Morgan fingerprint density at radius 2 is 0.973 bits per heavy atom. The van der Waals surface area contributed by atoms with Crippen molar-refractivity contribution in [2.75, 3.05) is 0 Å². The average molecular weight is 477 g/mol. The molecule has 4 aromatic heterocycles. The predicted molar refractivity (Wildman–Crippen MR) is 149 cm³/mol. The fourth-order valence-electron chi connectivity index (χ4n) is 4.90. The van der Waals surface area contributed by atoms with Crippen molar-refractivity contribution in [2.24, 2.45) is 0 Å². The van der Waals surface area contributed by atoms with Gasteiger partial charge in [0, 0.05) is 50.6 Å². The lowest BCUT2D eigenvalue weighted by molar-refractivity contribution is 0.101. The van der Waals surface area contributed by atoms with Crippen molar-refractivity contribution in [3.63, 3.8) is 0 Å². The van der Waals surface area contributed by atoms with Crippen molar-refractivity contribution >= 4 is 49.4 Å². The summed E-state index contributed by atoms with van der Waals surface area (Å²) in [5.41, 5.74) is 7.29. The number of pyridine rings is 4. The second-order valence-electron chi connectivity index (χ2n) is 9.17. The fraction of sp³-hybridized carbons (Fsp3) is 0.0312. The first-order chi connectivity index (χ1) is 18.1. The van der Waals surface area contributed by atoms with Crippen molar-refractivity contribution < 1.29 is 4.79 Å². The maximum Gasteiger partial charge on any atom is 0.159 e. The smallest absolute Gasteiger partial charge is 0.159 e. The quantitative estimate of drug-likeness (QED) is 0.196. The summed E-state index contributed by atoms with van der Waals surface area (Å²) >= 11 is 0. The lowest BCUT2D eigenvalue weighted by atomic mass is 9.98. The molecule has 0 spiro atoms. The molecule has 7 rings (SSSR count). The van der Waals surface area contributed by atoms with Crippen LogP contribution in [0.1, 0.15) is 17.3 Å². The minimum atomic E-state index is -0.0103. The Kier molecular flexibility index (Phi) is 4.76. The van der Waals surface area contributed by atoms with Gasteiger partial charge in [0.05, 0.1) is 33.5 Å². The molecule has 0 N–H and O–H groups in total. The Morgan fingerprint density at radius 3 is 1.43 bits per heavy atom. The van der Waals surface area contributed by atoms with Crippen LogP contribution in [0.5, 0.6) is 0 Å². The van der Waals surface area contributed by atoms with Gasteiger partial charge in [-0.1, -0.05) is 48.5 Å². The number of ketones is 1. The number of Topliss-reactive ketones (excluding diaryl/α,β-unsaturated/α-hetero) is 1. The SMILES string of the molecule is CC(=O)c1cc(-c2ccc3ccc4cccnc4c3n2)cc(-c2ccc3ccc4cccnc4c3n2)c1. The normalized spacial score (nSPS) is 11.5. The molecule has 174 valence electrons. The fourth-order valence-corrected chi connectivity index (χ4v) is 4.90. The molecule has 0 fully saturated rings. The standard InChI is InChI=1S/C32H20N4O/c1-19(37)24-16-25(27-12-10-22-8-6-20-4-2-14-33-29(20)31(22)35-27)18-26(17-24)28-13-11-23-9-7-21-5-3-15-34-30(21)32(23)36-28/h2-18H,1H3. The minimum absolute atomic E-state index is 0.0103. The Bertz CT molecular complexity index is 1890. The molecule has 37 heavy (non-hydrogen) atoms. The van der Waals surface area contributed by atoms with Gasteiger partial charge in [0.2, 0.25) is 0 Å². The summed E-state index contributed by atoms with van der Waals surface area (Å²) in [6, 6.07) is 30.1. The summed E-state index contributed by atoms with van der Waals surface area (Å²) in [4.78, 5) is 31.7. The topological polar surface area (TPSA) is 68.6 Å². The zero-order valence-corrected chi connectivity index (χ0v) is 20.0. The summed E-state index contributed by atoms with van der Waals surface area (Å²) < 4.78 is 0. The lowest BCUT2D eigenvalue weighted by Crippen LogP contribution is -1.97. The monoisotopic (exact) mass is 476 g/mol. The number of carbonyl (C=O) groups is 1. The van der Waals surface area contributed by atoms with Gasteiger partial charge in [-0.05, 0) is 49.4 Å². The maximum absolute atomic E-state index is 12.5. The highest BCUT2D eigenvalue weighted by Gasteiger charge is 2.13. The van der Waals surface area contributed by atoms with Gasteiger partial charge < -0.3 is 0 Å². The van der Waals surface area contributed by atoms with Gasteiger partial charge >= 0.3 is 0 Å². The van der Waals surface area contributed by atoms with Crippen LogP contribution in [0.4, 0.5) is 0 Å². The molecule has 3 aromatic carbocycles. The van der Waals surface area contributed by atoms with Gasteiger partial charge in [-0.3, -0.25) is 14.8 Å². The highest BCUT2D eigenvalue weighted by atomic mass is 16.1. The van der Waals surface area contributed by atoms with Crippen LogP contribution in [0.3, 0.4) is 0 Å². The van der Waals surface area contributed by atoms with E-state index in [9.17, 15) is 4.79 Å². The highest BCUT2D eigenvalue weighted by Crippen LogP contribution is 2.31. The van der Waals surface area contributed by atoms with E-state index in [1.165, 1.54) is 0 Å². The number of hydrogen-bond acceptors (Lipinski definition) is 5. The summed E-state index contributed by atoms with van der Waals surface area (Å²) in [6.07, 6.45) is 3.57. The number of benzene rings is 3. The molecule has 0 saturated carbocycles. The molecule has 0 aliphatic carbocycles. The Morgan fingerprint density at radius 1 is 0.541 bits per heavy atom. The third-order valence-corrected chi connectivity index (χ3v) is 6.80. The molecule has 5 nitrogen and oxygen atoms in total. The van der Waals surface area contributed by atoms with Crippen LogP contribution < -0.4 is 0 Å². The van der Waals surface area contributed by atoms with Gasteiger partial charge in [0.1, 0.15) is 0 Å². The van der Waals surface area contributed by atoms with E-state index in [0.717, 1.165) is 66.1 Å². The highest BCUT2D eigenvalue weighted by molar-refractivity contribution is 6.05. The third kappa shape index (κ3) is 3.60. The molecule has 0 aliphatic heterocycles. The van der Waals surface area contributed by atoms with E-state index in [2.05, 4.69) is 46.4 Å². The number of rotatable bonds is 3. The van der Waals surface area contributed by atoms with Gasteiger partial charge in [-0.15, -0.1) is 0 Å². The van der Waals surface area contributed by atoms with Crippen LogP contribution in [0.15, 0.2) is 103 Å². The number of nitrogens with zero attached hydrogens (tertiary/aromatic N) is 4. The molecule has 0 radical (unpaired) electrons. The van der Waals surface area contributed by atoms with E-state index in [-0.39, 0.29) is 5.78 Å². The van der Waals surface area contributed by atoms with Crippen molar-refractivity contribution in [1.29, 1.82) is 0 Å². The van der Waals surface area contributed by atoms with Crippen LogP contribution in [-0.2, 0) is 0 Å². The van der Waals surface area contributed by atoms with Crippen LogP contribution >= 0.6 is 0 Å². The molecule has 4 heterocycles. The molecular formula is C32H20N4O. The van der Waals surface area contributed by atoms with Crippen molar-refractivity contribution in [3.05, 3.63) is 109 Å². The van der Waals surface area contributed by atoms with Crippen molar-refractivity contribution in [1.82, 2.24) is 19.9 Å². The number of carbonyl (C=O) groups excluding carboxylic acids is 1. The van der Waals surface area contributed by atoms with Gasteiger partial charge in [0.15, 0.2) is 5.78 Å². The zero-order valence-electron chi connectivity index (χ0n) is 20.0. The minimum Gasteiger partial charge on any atom is -0.295 e. The number of hydrogen-bond donors (Lipinski definition) is 0. The van der Waals surface area contributed by atoms with Crippen LogP contribution in [0.2, 0.25) is 0 Å². The Labute approximate surface area is 212 Å². The van der Waals surface area contributed by atoms with E-state index >= 15 is 0 Å². The largest absolute Gasteiger partial charge is 0.295 e. The second-order valence-corrected chi connectivity index (χ2v) is 9.17. The molecule has 5 heteroatoms. The van der Waals surface area contributed by atoms with Crippen LogP contribution in [-0.4, -0.2) is 25.7 Å². The Balaban J connectivity index is 1.44. The molecular weight excluding hydrogens is 456 g/mol. The third-order valence-electron chi connectivity index (χ3n) is 6.80. The summed E-state index contributed by atoms with van der Waals surface area (Å²) in [7, 11) is 0. The lowest BCUT2D eigenvalue weighted by Gasteiger charge is -2.11. The first-order valence-electron chi connectivity index (χ1n) is 12.1. The molecule has 0 atom stereocenters. The first-order valence-corrected chi connectivity index (χ1v) is 12.1. The summed E-state index contributed by atoms with van der Waals surface area (Å²) in [5, 5.41) is 4.12. The Hall–Kier alpha value is -5.03. The van der Waals surface area contributed by atoms with Crippen LogP contribution in [0, 0.1) is 0 Å². The predicted octanol–water partition coefficient (Wildman–Crippen LogP) is 7.42. The molecule has 0 saturated heterocycles. The average Bonchev–Trinajstić information content (AvgIpc) is 2.96. The zero-order chi connectivity index (χ0) is 24.9. The van der Waals surface area contributed by atoms with Crippen molar-refractivity contribution in [2.45, 2.75) is 6.92 Å². The molecule has 0 bridgehead atoms. The molecule has 0 unspecified atom stereocenters. The first kappa shape index (κ1) is 21.3. The molecule has 0 amide bonds. The second kappa shape index (κ2) is 8.28. The van der Waals surface area contributed by atoms with E-state index in [4.69, 9.17) is 9.97 Å². The molecule has 7 aromatic rings. The van der Waals surface area contributed by atoms with E-state index in [0.29, 0.717) is 5.56 Å². The van der Waals surface area contributed by atoms with Gasteiger partial charge in [-0.2, -0.15) is 0 Å². The molecule has 0 aliphatic rings. The maximum atomic E-state index is 12.5. The van der Waals surface area contributed by atoms with Crippen LogP contribution in [0.25, 0.3) is 66.1 Å². The summed E-state index contributed by atoms with van der Waals surface area (Å²) in [5.74, 6) is -0.0103. The number of aromatic nitrogens is 4. The number of fused-ring (bicyclic) bond motifs is 6. The van der Waals surface area contributed by atoms with E-state index < -0.39 is 0 Å². The van der Waals surface area contributed by atoms with Gasteiger partial charge in [0.25, 0.3) is 0 Å². The van der Waals surface area contributed by atoms with Gasteiger partial charge in [-0.25, -0.2) is 9.97 Å². The van der Waals surface area contributed by atoms with E-state index in [1.54, 1.807) is 19.3 Å². The summed E-state index contributed by atoms with van der Waals surface area (Å²) in [6.45, 7) is 1.58. The van der Waals surface area contributed by atoms with Crippen molar-refractivity contribution in [3.8, 4) is 22.5 Å². The van der Waals surface area contributed by atoms with E-state index in [1.807, 2.05) is 54.6 Å².